The zero-order valence-corrected chi connectivity index (χ0v) is 22.4. The smallest absolute Gasteiger partial charge is 0.253 e. The molecule has 0 spiro atoms. The molecule has 3 N–H and O–H groups in total. The van der Waals surface area contributed by atoms with Gasteiger partial charge in [0.05, 0.1) is 0 Å². The normalized spacial score (nSPS) is 14.6. The summed E-state index contributed by atoms with van der Waals surface area (Å²) in [5.41, 5.74) is 10.6. The summed E-state index contributed by atoms with van der Waals surface area (Å²) < 4.78 is 0. The molecule has 2 aromatic heterocycles. The van der Waals surface area contributed by atoms with Crippen LogP contribution in [0.4, 0.5) is 5.69 Å². The third-order valence-corrected chi connectivity index (χ3v) is 7.27. The molecule has 0 saturated heterocycles. The highest BCUT2D eigenvalue weighted by atomic mass is 16.1. The van der Waals surface area contributed by atoms with Crippen molar-refractivity contribution in [3.05, 3.63) is 86.6 Å². The van der Waals surface area contributed by atoms with E-state index in [1.165, 1.54) is 43.4 Å². The Balaban J connectivity index is 1.73. The lowest BCUT2D eigenvalue weighted by atomic mass is 9.93. The lowest BCUT2D eigenvalue weighted by molar-refractivity contribution is 0.462. The summed E-state index contributed by atoms with van der Waals surface area (Å²) in [4.78, 5) is 20.1. The van der Waals surface area contributed by atoms with Gasteiger partial charge in [-0.3, -0.25) is 9.78 Å². The summed E-state index contributed by atoms with van der Waals surface area (Å²) in [6.07, 6.45) is 11.4. The highest BCUT2D eigenvalue weighted by molar-refractivity contribution is 5.79. The van der Waals surface area contributed by atoms with Crippen molar-refractivity contribution in [2.45, 2.75) is 85.7 Å². The first-order valence-electron chi connectivity index (χ1n) is 13.3. The average Bonchev–Trinajstić information content (AvgIpc) is 2.85. The van der Waals surface area contributed by atoms with Gasteiger partial charge in [0.1, 0.15) is 0 Å². The summed E-state index contributed by atoms with van der Waals surface area (Å²) in [5, 5.41) is 7.49. The van der Waals surface area contributed by atoms with E-state index < -0.39 is 0 Å². The molecule has 0 aliphatic heterocycles. The van der Waals surface area contributed by atoms with E-state index in [4.69, 9.17) is 0 Å². The number of H-pyrrole nitrogens is 1. The van der Waals surface area contributed by atoms with Crippen LogP contribution >= 0.6 is 0 Å². The SMILES string of the molecule is CC/C=C(/NCc1c(C)cc(C)[nH]c1=O)c1cc(-c2ccc(C)nc2)cc(NC2CCCCC2)c1C. The van der Waals surface area contributed by atoms with Gasteiger partial charge >= 0.3 is 0 Å². The van der Waals surface area contributed by atoms with E-state index >= 15 is 0 Å². The van der Waals surface area contributed by atoms with E-state index in [2.05, 4.69) is 64.8 Å². The van der Waals surface area contributed by atoms with Gasteiger partial charge < -0.3 is 15.6 Å². The highest BCUT2D eigenvalue weighted by Gasteiger charge is 2.18. The first-order valence-corrected chi connectivity index (χ1v) is 13.3. The van der Waals surface area contributed by atoms with Crippen molar-refractivity contribution < 1.29 is 0 Å². The van der Waals surface area contributed by atoms with Crippen molar-refractivity contribution >= 4 is 11.4 Å². The second-order valence-electron chi connectivity index (χ2n) is 10.2. The van der Waals surface area contributed by atoms with Crippen molar-refractivity contribution in [2.24, 2.45) is 0 Å². The monoisotopic (exact) mass is 484 g/mol. The van der Waals surface area contributed by atoms with Gasteiger partial charge in [0.25, 0.3) is 5.56 Å². The molecule has 4 rings (SSSR count). The number of aromatic amines is 1. The van der Waals surface area contributed by atoms with Crippen LogP contribution in [0.25, 0.3) is 16.8 Å². The molecule has 5 heteroatoms. The van der Waals surface area contributed by atoms with Crippen molar-refractivity contribution in [3.63, 3.8) is 0 Å². The van der Waals surface area contributed by atoms with Crippen molar-refractivity contribution in [2.75, 3.05) is 5.32 Å². The number of aryl methyl sites for hydroxylation is 3. The maximum atomic E-state index is 12.6. The van der Waals surface area contributed by atoms with E-state index in [9.17, 15) is 4.79 Å². The third kappa shape index (κ3) is 6.07. The number of benzene rings is 1. The van der Waals surface area contributed by atoms with Crippen LogP contribution < -0.4 is 16.2 Å². The van der Waals surface area contributed by atoms with E-state index in [-0.39, 0.29) is 5.56 Å². The van der Waals surface area contributed by atoms with Crippen LogP contribution in [0.2, 0.25) is 0 Å². The summed E-state index contributed by atoms with van der Waals surface area (Å²) in [5.74, 6) is 0. The van der Waals surface area contributed by atoms with Gasteiger partial charge in [-0.25, -0.2) is 0 Å². The van der Waals surface area contributed by atoms with E-state index in [0.29, 0.717) is 12.6 Å². The molecule has 0 unspecified atom stereocenters. The Labute approximate surface area is 215 Å². The molecular weight excluding hydrogens is 444 g/mol. The van der Waals surface area contributed by atoms with Crippen LogP contribution in [0.15, 0.2) is 47.4 Å². The highest BCUT2D eigenvalue weighted by Crippen LogP contribution is 2.33. The number of nitrogens with zero attached hydrogens (tertiary/aromatic N) is 1. The molecule has 0 atom stereocenters. The summed E-state index contributed by atoms with van der Waals surface area (Å²) >= 11 is 0. The number of anilines is 1. The Morgan fingerprint density at radius 1 is 1.06 bits per heavy atom. The minimum absolute atomic E-state index is 0.0216. The van der Waals surface area contributed by atoms with Gasteiger partial charge in [-0.05, 0) is 87.9 Å². The fourth-order valence-electron chi connectivity index (χ4n) is 5.18. The molecule has 1 saturated carbocycles. The third-order valence-electron chi connectivity index (χ3n) is 7.27. The van der Waals surface area contributed by atoms with Crippen LogP contribution in [0.1, 0.15) is 79.1 Å². The second-order valence-corrected chi connectivity index (χ2v) is 10.2. The Morgan fingerprint density at radius 2 is 1.83 bits per heavy atom. The molecule has 1 aliphatic rings. The molecule has 190 valence electrons. The zero-order valence-electron chi connectivity index (χ0n) is 22.4. The van der Waals surface area contributed by atoms with E-state index in [1.54, 1.807) is 0 Å². The molecule has 5 nitrogen and oxygen atoms in total. The fraction of sp³-hybridized carbons (Fsp3) is 0.419. The lowest BCUT2D eigenvalue weighted by Gasteiger charge is -2.26. The first-order chi connectivity index (χ1) is 17.4. The predicted octanol–water partition coefficient (Wildman–Crippen LogP) is 6.96. The van der Waals surface area contributed by atoms with Crippen LogP contribution in [-0.4, -0.2) is 16.0 Å². The summed E-state index contributed by atoms with van der Waals surface area (Å²) in [6, 6.07) is 11.3. The van der Waals surface area contributed by atoms with Gasteiger partial charge in [-0.2, -0.15) is 0 Å². The minimum atomic E-state index is -0.0216. The van der Waals surface area contributed by atoms with Crippen LogP contribution in [-0.2, 0) is 6.54 Å². The number of aromatic nitrogens is 2. The van der Waals surface area contributed by atoms with Crippen molar-refractivity contribution in [1.29, 1.82) is 0 Å². The largest absolute Gasteiger partial charge is 0.382 e. The first kappa shape index (κ1) is 25.7. The zero-order chi connectivity index (χ0) is 25.7. The Hall–Kier alpha value is -3.34. The van der Waals surface area contributed by atoms with E-state index in [1.807, 2.05) is 33.0 Å². The number of hydrogen-bond donors (Lipinski definition) is 3. The molecule has 1 aromatic carbocycles. The molecule has 0 bridgehead atoms. The molecule has 1 fully saturated rings. The van der Waals surface area contributed by atoms with Crippen LogP contribution in [0.5, 0.6) is 0 Å². The topological polar surface area (TPSA) is 69.8 Å². The van der Waals surface area contributed by atoms with Gasteiger partial charge in [-0.15, -0.1) is 0 Å². The fourth-order valence-corrected chi connectivity index (χ4v) is 5.18. The second kappa shape index (κ2) is 11.6. The number of hydrogen-bond acceptors (Lipinski definition) is 4. The number of pyridine rings is 2. The van der Waals surface area contributed by atoms with Gasteiger partial charge in [0.2, 0.25) is 0 Å². The van der Waals surface area contributed by atoms with Gasteiger partial charge in [-0.1, -0.05) is 38.3 Å². The summed E-state index contributed by atoms with van der Waals surface area (Å²) in [6.45, 7) is 10.8. The minimum Gasteiger partial charge on any atom is -0.382 e. The molecular formula is C31H40N4O. The standard InChI is InChI=1S/C31H40N4O/c1-6-10-29(33-19-28-20(2)15-22(4)34-31(28)36)27-16-25(24-14-13-21(3)32-18-24)17-30(23(27)5)35-26-11-8-7-9-12-26/h10,13-18,26,33,35H,6-9,11-12,19H2,1-5H3,(H,34,36)/b29-10+. The Bertz CT molecular complexity index is 1280. The maximum Gasteiger partial charge on any atom is 0.253 e. The van der Waals surface area contributed by atoms with Gasteiger partial charge in [0, 0.05) is 58.2 Å². The predicted molar refractivity (Wildman–Crippen MR) is 151 cm³/mol. The molecule has 3 aromatic rings. The Morgan fingerprint density at radius 3 is 2.50 bits per heavy atom. The molecule has 2 heterocycles. The Kier molecular flexibility index (Phi) is 8.29. The average molecular weight is 485 g/mol. The molecule has 0 amide bonds. The van der Waals surface area contributed by atoms with E-state index in [0.717, 1.165) is 51.3 Å². The van der Waals surface area contributed by atoms with Gasteiger partial charge in [0.15, 0.2) is 0 Å². The molecule has 36 heavy (non-hydrogen) atoms. The van der Waals surface area contributed by atoms with Crippen LogP contribution in [0.3, 0.4) is 0 Å². The van der Waals surface area contributed by atoms with Crippen molar-refractivity contribution in [3.8, 4) is 11.1 Å². The lowest BCUT2D eigenvalue weighted by Crippen LogP contribution is -2.24. The number of allylic oxidation sites excluding steroid dienone is 1. The number of rotatable bonds is 8. The molecule has 0 radical (unpaired) electrons. The quantitative estimate of drug-likeness (QED) is 0.323. The molecule has 1 aliphatic carbocycles. The number of nitrogens with one attached hydrogen (secondary N) is 3. The van der Waals surface area contributed by atoms with Crippen molar-refractivity contribution in [1.82, 2.24) is 15.3 Å². The van der Waals surface area contributed by atoms with Crippen LogP contribution in [0, 0.1) is 27.7 Å². The summed E-state index contributed by atoms with van der Waals surface area (Å²) in [7, 11) is 0. The maximum absolute atomic E-state index is 12.6.